The number of hydrogen-bond acceptors (Lipinski definition) is 7. The fraction of sp³-hybridized carbons (Fsp3) is 0.261. The number of aryl methyl sites for hydroxylation is 1. The first-order valence-electron chi connectivity index (χ1n) is 10.7. The summed E-state index contributed by atoms with van der Waals surface area (Å²) in [5, 5.41) is 14.7. The van der Waals surface area contributed by atoms with E-state index in [2.05, 4.69) is 10.4 Å². The monoisotopic (exact) mass is 542 g/mol. The van der Waals surface area contributed by atoms with Gasteiger partial charge in [0.05, 0.1) is 22.5 Å². The van der Waals surface area contributed by atoms with Gasteiger partial charge in [-0.2, -0.15) is 18.3 Å². The maximum Gasteiger partial charge on any atom is 0.490 e. The van der Waals surface area contributed by atoms with Crippen LogP contribution in [0.15, 0.2) is 42.6 Å². The molecule has 0 atom stereocenters. The van der Waals surface area contributed by atoms with Gasteiger partial charge < -0.3 is 30.4 Å². The summed E-state index contributed by atoms with van der Waals surface area (Å²) < 4.78 is 50.4. The van der Waals surface area contributed by atoms with Gasteiger partial charge in [0.1, 0.15) is 25.6 Å². The number of para-hydroxylation sites is 1. The van der Waals surface area contributed by atoms with E-state index < -0.39 is 12.1 Å². The molecule has 198 valence electrons. The second kappa shape index (κ2) is 11.8. The quantitative estimate of drug-likeness (QED) is 0.428. The number of hydrogen-bond donors (Lipinski definition) is 3. The third kappa shape index (κ3) is 6.83. The molecule has 14 heteroatoms. The van der Waals surface area contributed by atoms with Gasteiger partial charge in [0, 0.05) is 24.8 Å². The van der Waals surface area contributed by atoms with Crippen LogP contribution in [0.5, 0.6) is 17.2 Å². The molecule has 2 heterocycles. The molecule has 0 bridgehead atoms. The second-order valence-corrected chi connectivity index (χ2v) is 7.81. The van der Waals surface area contributed by atoms with Crippen molar-refractivity contribution in [2.24, 2.45) is 12.8 Å². The predicted molar refractivity (Wildman–Crippen MR) is 127 cm³/mol. The molecule has 10 nitrogen and oxygen atoms in total. The summed E-state index contributed by atoms with van der Waals surface area (Å²) in [6.45, 7) is 1.57. The summed E-state index contributed by atoms with van der Waals surface area (Å²) in [6, 6.07) is 10.5. The number of nitrogens with two attached hydrogens (primary N) is 1. The Balaban J connectivity index is 0.000000479. The first-order valence-corrected chi connectivity index (χ1v) is 11.1. The lowest BCUT2D eigenvalue weighted by Gasteiger charge is -2.20. The zero-order valence-corrected chi connectivity index (χ0v) is 20.1. The molecule has 2 aromatic carbocycles. The van der Waals surface area contributed by atoms with Crippen LogP contribution in [0.1, 0.15) is 10.4 Å². The Morgan fingerprint density at radius 1 is 1.24 bits per heavy atom. The Hall–Kier alpha value is -3.97. The molecule has 4 rings (SSSR count). The third-order valence-corrected chi connectivity index (χ3v) is 5.09. The van der Waals surface area contributed by atoms with Crippen molar-refractivity contribution in [1.29, 1.82) is 0 Å². The lowest BCUT2D eigenvalue weighted by atomic mass is 10.1. The highest BCUT2D eigenvalue weighted by Crippen LogP contribution is 2.37. The molecule has 37 heavy (non-hydrogen) atoms. The summed E-state index contributed by atoms with van der Waals surface area (Å²) in [5.74, 6) is -1.47. The van der Waals surface area contributed by atoms with E-state index in [0.29, 0.717) is 71.1 Å². The Morgan fingerprint density at radius 2 is 1.95 bits per heavy atom. The van der Waals surface area contributed by atoms with E-state index in [0.717, 1.165) is 0 Å². The number of alkyl halides is 3. The van der Waals surface area contributed by atoms with Crippen molar-refractivity contribution in [3.63, 3.8) is 0 Å². The second-order valence-electron chi connectivity index (χ2n) is 7.40. The molecule has 1 amide bonds. The predicted octanol–water partition coefficient (Wildman–Crippen LogP) is 3.73. The number of fused-ring (bicyclic) bond motifs is 1. The van der Waals surface area contributed by atoms with E-state index in [-0.39, 0.29) is 5.91 Å². The highest BCUT2D eigenvalue weighted by atomic mass is 35.5. The average Bonchev–Trinajstić information content (AvgIpc) is 3.20. The average molecular weight is 543 g/mol. The number of nitrogens with zero attached hydrogens (tertiary/aromatic N) is 2. The first-order chi connectivity index (χ1) is 17.5. The van der Waals surface area contributed by atoms with Gasteiger partial charge in [-0.15, -0.1) is 0 Å². The van der Waals surface area contributed by atoms with Gasteiger partial charge in [-0.25, -0.2) is 4.79 Å². The summed E-state index contributed by atoms with van der Waals surface area (Å²) in [4.78, 5) is 21.8. The van der Waals surface area contributed by atoms with E-state index in [1.165, 1.54) is 0 Å². The number of carboxylic acids is 1. The first kappa shape index (κ1) is 27.6. The van der Waals surface area contributed by atoms with Crippen molar-refractivity contribution in [2.45, 2.75) is 6.18 Å². The molecule has 1 aliphatic rings. The molecule has 0 spiro atoms. The molecule has 3 aromatic rings. The number of carboxylic acid groups (broad SMARTS) is 1. The maximum absolute atomic E-state index is 12.9. The summed E-state index contributed by atoms with van der Waals surface area (Å²) >= 11 is 6.34. The van der Waals surface area contributed by atoms with Crippen LogP contribution in [0.25, 0.3) is 11.3 Å². The fourth-order valence-electron chi connectivity index (χ4n) is 3.25. The number of carbonyl (C=O) groups excluding carboxylic acids is 1. The smallest absolute Gasteiger partial charge is 0.490 e. The number of halogens is 4. The van der Waals surface area contributed by atoms with Gasteiger partial charge in [-0.3, -0.25) is 9.48 Å². The maximum atomic E-state index is 12.9. The van der Waals surface area contributed by atoms with E-state index in [9.17, 15) is 18.0 Å². The number of amides is 1. The van der Waals surface area contributed by atoms with Crippen molar-refractivity contribution < 1.29 is 42.1 Å². The van der Waals surface area contributed by atoms with Gasteiger partial charge in [0.2, 0.25) is 0 Å². The van der Waals surface area contributed by atoms with Gasteiger partial charge in [-0.1, -0.05) is 17.7 Å². The molecule has 4 N–H and O–H groups in total. The number of rotatable bonds is 6. The normalized spacial score (nSPS) is 12.3. The highest BCUT2D eigenvalue weighted by Gasteiger charge is 2.38. The van der Waals surface area contributed by atoms with Gasteiger partial charge in [0.25, 0.3) is 5.91 Å². The molecular formula is C23H22ClF3N4O6. The van der Waals surface area contributed by atoms with Crippen LogP contribution < -0.4 is 25.3 Å². The molecule has 0 fully saturated rings. The SMILES string of the molecule is Cn1ncc(Cl)c1-c1cc(NC(=O)c2cccc3c2OCCO3)ccc1OCCN.O=C(O)C(F)(F)F. The minimum Gasteiger partial charge on any atom is -0.492 e. The van der Waals surface area contributed by atoms with Gasteiger partial charge >= 0.3 is 12.1 Å². The number of carbonyl (C=O) groups is 2. The van der Waals surface area contributed by atoms with Crippen molar-refractivity contribution in [1.82, 2.24) is 9.78 Å². The van der Waals surface area contributed by atoms with Crippen LogP contribution in [-0.2, 0) is 11.8 Å². The number of aliphatic carboxylic acids is 1. The molecule has 1 aromatic heterocycles. The number of anilines is 1. The zero-order chi connectivity index (χ0) is 27.2. The molecule has 0 saturated carbocycles. The van der Waals surface area contributed by atoms with E-state index in [1.807, 2.05) is 0 Å². The Bertz CT molecular complexity index is 1260. The molecule has 0 unspecified atom stereocenters. The lowest BCUT2D eigenvalue weighted by Crippen LogP contribution is -2.21. The standard InChI is InChI=1S/C21H21ClN4O4.C2HF3O2/c1-26-19(16(22)12-24-26)15-11-13(5-6-17(15)28-8-7-23)25-21(27)14-3-2-4-18-20(14)30-10-9-29-18;3-2(4,5)1(6)7/h2-6,11-12H,7-10,23H2,1H3,(H,25,27);(H,6,7). The molecule has 0 aliphatic carbocycles. The largest absolute Gasteiger partial charge is 0.492 e. The minimum atomic E-state index is -5.08. The topological polar surface area (TPSA) is 138 Å². The lowest BCUT2D eigenvalue weighted by molar-refractivity contribution is -0.192. The van der Waals surface area contributed by atoms with Gasteiger partial charge in [-0.05, 0) is 30.3 Å². The Kier molecular flexibility index (Phi) is 8.84. The van der Waals surface area contributed by atoms with Crippen LogP contribution in [0.2, 0.25) is 5.02 Å². The third-order valence-electron chi connectivity index (χ3n) is 4.82. The van der Waals surface area contributed by atoms with E-state index in [4.69, 9.17) is 41.4 Å². The summed E-state index contributed by atoms with van der Waals surface area (Å²) in [6.07, 6.45) is -3.53. The van der Waals surface area contributed by atoms with Crippen molar-refractivity contribution in [3.8, 4) is 28.5 Å². The van der Waals surface area contributed by atoms with Crippen LogP contribution in [0, 0.1) is 0 Å². The molecule has 0 saturated heterocycles. The van der Waals surface area contributed by atoms with E-state index >= 15 is 0 Å². The van der Waals surface area contributed by atoms with Crippen molar-refractivity contribution in [3.05, 3.63) is 53.2 Å². The number of aromatic nitrogens is 2. The summed E-state index contributed by atoms with van der Waals surface area (Å²) in [5.41, 5.74) is 7.91. The summed E-state index contributed by atoms with van der Waals surface area (Å²) in [7, 11) is 1.78. The van der Waals surface area contributed by atoms with E-state index in [1.54, 1.807) is 54.3 Å². The fourth-order valence-corrected chi connectivity index (χ4v) is 3.52. The number of nitrogens with one attached hydrogen (secondary N) is 1. The molecule has 1 aliphatic heterocycles. The Morgan fingerprint density at radius 3 is 2.57 bits per heavy atom. The van der Waals surface area contributed by atoms with Crippen molar-refractivity contribution >= 4 is 29.2 Å². The highest BCUT2D eigenvalue weighted by molar-refractivity contribution is 6.33. The number of benzene rings is 2. The minimum absolute atomic E-state index is 0.310. The van der Waals surface area contributed by atoms with Gasteiger partial charge in [0.15, 0.2) is 11.5 Å². The van der Waals surface area contributed by atoms with Crippen molar-refractivity contribution in [2.75, 3.05) is 31.7 Å². The Labute approximate surface area is 213 Å². The van der Waals surface area contributed by atoms with Crippen LogP contribution in [0.3, 0.4) is 0 Å². The van der Waals surface area contributed by atoms with Crippen LogP contribution in [0.4, 0.5) is 18.9 Å². The number of ether oxygens (including phenoxy) is 3. The zero-order valence-electron chi connectivity index (χ0n) is 19.3. The van der Waals surface area contributed by atoms with Crippen LogP contribution >= 0.6 is 11.6 Å². The molecule has 0 radical (unpaired) electrons. The molecular weight excluding hydrogens is 521 g/mol. The van der Waals surface area contributed by atoms with Crippen LogP contribution in [-0.4, -0.2) is 59.3 Å².